The van der Waals surface area contributed by atoms with Gasteiger partial charge in [-0.05, 0) is 32.8 Å². The summed E-state index contributed by atoms with van der Waals surface area (Å²) < 4.78 is 0. The zero-order valence-corrected chi connectivity index (χ0v) is 10.1. The van der Waals surface area contributed by atoms with Crippen molar-refractivity contribution in [2.24, 2.45) is 10.9 Å². The van der Waals surface area contributed by atoms with Gasteiger partial charge in [-0.15, -0.1) is 5.10 Å². The third kappa shape index (κ3) is 2.02. The van der Waals surface area contributed by atoms with Crippen molar-refractivity contribution in [3.63, 3.8) is 0 Å². The van der Waals surface area contributed by atoms with Crippen molar-refractivity contribution in [2.45, 2.75) is 32.2 Å². The monoisotopic (exact) mass is 235 g/mol. The minimum atomic E-state index is 0.0283. The predicted molar refractivity (Wildman–Crippen MR) is 65.2 cm³/mol. The highest BCUT2D eigenvalue weighted by Gasteiger charge is 2.34. The molecule has 1 saturated heterocycles. The van der Waals surface area contributed by atoms with Crippen molar-refractivity contribution in [1.29, 1.82) is 0 Å². The van der Waals surface area contributed by atoms with E-state index in [2.05, 4.69) is 34.1 Å². The molecule has 6 nitrogen and oxygen atoms in total. The number of amidine groups is 1. The Morgan fingerprint density at radius 2 is 2.35 bits per heavy atom. The molecule has 2 heterocycles. The van der Waals surface area contributed by atoms with E-state index in [0.717, 1.165) is 19.4 Å². The first kappa shape index (κ1) is 11.6. The average Bonchev–Trinajstić information content (AvgIpc) is 2.68. The summed E-state index contributed by atoms with van der Waals surface area (Å²) in [5, 5.41) is 19.8. The first-order valence-electron chi connectivity index (χ1n) is 5.63. The SMILES string of the molecule is CC1(C)CCCN1c1nnccc1/C(N)=N/O. The largest absolute Gasteiger partial charge is 0.409 e. The van der Waals surface area contributed by atoms with Crippen molar-refractivity contribution < 1.29 is 5.21 Å². The molecule has 1 aromatic heterocycles. The molecule has 3 N–H and O–H groups in total. The number of hydrogen-bond acceptors (Lipinski definition) is 5. The van der Waals surface area contributed by atoms with Crippen LogP contribution in [0.15, 0.2) is 17.4 Å². The number of aromatic nitrogens is 2. The molecule has 1 aliphatic heterocycles. The maximum Gasteiger partial charge on any atom is 0.173 e. The third-order valence-corrected chi connectivity index (χ3v) is 3.24. The van der Waals surface area contributed by atoms with E-state index in [9.17, 15) is 0 Å². The Morgan fingerprint density at radius 1 is 1.59 bits per heavy atom. The van der Waals surface area contributed by atoms with Gasteiger partial charge in [0.25, 0.3) is 0 Å². The Morgan fingerprint density at radius 3 is 2.94 bits per heavy atom. The molecule has 17 heavy (non-hydrogen) atoms. The van der Waals surface area contributed by atoms with Gasteiger partial charge in [-0.2, -0.15) is 5.10 Å². The second-order valence-corrected chi connectivity index (χ2v) is 4.82. The molecule has 0 aliphatic carbocycles. The van der Waals surface area contributed by atoms with Crippen LogP contribution in [0.5, 0.6) is 0 Å². The fourth-order valence-electron chi connectivity index (χ4n) is 2.28. The zero-order valence-electron chi connectivity index (χ0n) is 10.1. The van der Waals surface area contributed by atoms with Gasteiger partial charge in [-0.25, -0.2) is 0 Å². The number of nitrogens with two attached hydrogens (primary N) is 1. The quantitative estimate of drug-likeness (QED) is 0.345. The van der Waals surface area contributed by atoms with Crippen LogP contribution in [0.3, 0.4) is 0 Å². The molecule has 0 atom stereocenters. The summed E-state index contributed by atoms with van der Waals surface area (Å²) in [4.78, 5) is 2.16. The fourth-order valence-corrected chi connectivity index (χ4v) is 2.28. The van der Waals surface area contributed by atoms with Crippen LogP contribution in [-0.4, -0.2) is 33.3 Å². The van der Waals surface area contributed by atoms with Gasteiger partial charge in [-0.3, -0.25) is 0 Å². The highest BCUT2D eigenvalue weighted by Crippen LogP contribution is 2.33. The van der Waals surface area contributed by atoms with Gasteiger partial charge < -0.3 is 15.8 Å². The molecule has 0 unspecified atom stereocenters. The van der Waals surface area contributed by atoms with Crippen LogP contribution in [0.1, 0.15) is 32.3 Å². The number of hydrogen-bond donors (Lipinski definition) is 2. The number of anilines is 1. The van der Waals surface area contributed by atoms with E-state index >= 15 is 0 Å². The summed E-state index contributed by atoms with van der Waals surface area (Å²) in [6.45, 7) is 5.23. The minimum Gasteiger partial charge on any atom is -0.409 e. The average molecular weight is 235 g/mol. The van der Waals surface area contributed by atoms with E-state index in [-0.39, 0.29) is 11.4 Å². The van der Waals surface area contributed by atoms with Crippen LogP contribution in [0.25, 0.3) is 0 Å². The maximum atomic E-state index is 8.78. The predicted octanol–water partition coefficient (Wildman–Crippen LogP) is 0.950. The van der Waals surface area contributed by atoms with Crippen LogP contribution in [0, 0.1) is 0 Å². The van der Waals surface area contributed by atoms with Crippen molar-refractivity contribution >= 4 is 11.7 Å². The highest BCUT2D eigenvalue weighted by atomic mass is 16.4. The molecular formula is C11H17N5O. The summed E-state index contributed by atoms with van der Waals surface area (Å²) in [7, 11) is 0. The lowest BCUT2D eigenvalue weighted by Gasteiger charge is -2.33. The molecule has 1 fully saturated rings. The van der Waals surface area contributed by atoms with E-state index in [4.69, 9.17) is 10.9 Å². The van der Waals surface area contributed by atoms with Crippen molar-refractivity contribution in [3.05, 3.63) is 17.8 Å². The Balaban J connectivity index is 2.45. The maximum absolute atomic E-state index is 8.78. The first-order chi connectivity index (χ1) is 8.06. The molecule has 2 rings (SSSR count). The van der Waals surface area contributed by atoms with Gasteiger partial charge in [-0.1, -0.05) is 5.16 Å². The van der Waals surface area contributed by atoms with Gasteiger partial charge >= 0.3 is 0 Å². The Hall–Kier alpha value is -1.85. The highest BCUT2D eigenvalue weighted by molar-refractivity contribution is 6.01. The molecule has 92 valence electrons. The normalized spacial score (nSPS) is 19.6. The molecule has 0 aromatic carbocycles. The Labute approximate surface area is 100 Å². The van der Waals surface area contributed by atoms with Gasteiger partial charge in [0.05, 0.1) is 11.8 Å². The van der Waals surface area contributed by atoms with E-state index in [1.54, 1.807) is 12.3 Å². The summed E-state index contributed by atoms with van der Waals surface area (Å²) in [5.41, 5.74) is 6.31. The fraction of sp³-hybridized carbons (Fsp3) is 0.545. The minimum absolute atomic E-state index is 0.0283. The second kappa shape index (κ2) is 4.20. The number of rotatable bonds is 2. The summed E-state index contributed by atoms with van der Waals surface area (Å²) in [6, 6.07) is 1.71. The van der Waals surface area contributed by atoms with Crippen LogP contribution in [-0.2, 0) is 0 Å². The molecular weight excluding hydrogens is 218 g/mol. The van der Waals surface area contributed by atoms with E-state index in [1.807, 2.05) is 0 Å². The molecule has 0 spiro atoms. The zero-order chi connectivity index (χ0) is 12.5. The molecule has 6 heteroatoms. The lowest BCUT2D eigenvalue weighted by molar-refractivity contribution is 0.318. The number of nitrogens with zero attached hydrogens (tertiary/aromatic N) is 4. The summed E-state index contributed by atoms with van der Waals surface area (Å²) >= 11 is 0. The summed E-state index contributed by atoms with van der Waals surface area (Å²) in [6.07, 6.45) is 3.75. The van der Waals surface area contributed by atoms with Crippen molar-refractivity contribution in [3.8, 4) is 0 Å². The van der Waals surface area contributed by atoms with Gasteiger partial charge in [0.1, 0.15) is 0 Å². The lowest BCUT2D eigenvalue weighted by Crippen LogP contribution is -2.40. The van der Waals surface area contributed by atoms with Crippen molar-refractivity contribution in [1.82, 2.24) is 10.2 Å². The second-order valence-electron chi connectivity index (χ2n) is 4.82. The van der Waals surface area contributed by atoms with Gasteiger partial charge in [0.15, 0.2) is 11.7 Å². The van der Waals surface area contributed by atoms with E-state index in [0.29, 0.717) is 11.4 Å². The molecule has 0 saturated carbocycles. The van der Waals surface area contributed by atoms with Gasteiger partial charge in [0.2, 0.25) is 0 Å². The smallest absolute Gasteiger partial charge is 0.173 e. The van der Waals surface area contributed by atoms with Gasteiger partial charge in [0, 0.05) is 12.1 Å². The molecule has 0 radical (unpaired) electrons. The Bertz CT molecular complexity index is 443. The molecule has 1 aliphatic rings. The van der Waals surface area contributed by atoms with Crippen LogP contribution in [0.2, 0.25) is 0 Å². The van der Waals surface area contributed by atoms with E-state index in [1.165, 1.54) is 0 Å². The van der Waals surface area contributed by atoms with Crippen LogP contribution >= 0.6 is 0 Å². The molecule has 0 bridgehead atoms. The lowest BCUT2D eigenvalue weighted by atomic mass is 10.0. The standard InChI is InChI=1S/C11H17N5O/c1-11(2)5-3-7-16(11)10-8(9(12)15-17)4-6-13-14-10/h4,6,17H,3,5,7H2,1-2H3,(H2,12,15). The van der Waals surface area contributed by atoms with Crippen molar-refractivity contribution in [2.75, 3.05) is 11.4 Å². The van der Waals surface area contributed by atoms with Crippen LogP contribution < -0.4 is 10.6 Å². The topological polar surface area (TPSA) is 87.6 Å². The third-order valence-electron chi connectivity index (χ3n) is 3.24. The van der Waals surface area contributed by atoms with Crippen LogP contribution in [0.4, 0.5) is 5.82 Å². The first-order valence-corrected chi connectivity index (χ1v) is 5.63. The Kier molecular flexibility index (Phi) is 2.87. The summed E-state index contributed by atoms with van der Waals surface area (Å²) in [5.74, 6) is 0.753. The molecule has 1 aromatic rings. The number of oxime groups is 1. The molecule has 0 amide bonds. The van der Waals surface area contributed by atoms with E-state index < -0.39 is 0 Å².